The van der Waals surface area contributed by atoms with Crippen molar-refractivity contribution in [2.75, 3.05) is 19.8 Å². The molecule has 0 rings (SSSR count). The van der Waals surface area contributed by atoms with Gasteiger partial charge in [-0.2, -0.15) is 0 Å². The first-order valence-corrected chi connectivity index (χ1v) is 7.47. The molecule has 0 aliphatic rings. The van der Waals surface area contributed by atoms with Crippen molar-refractivity contribution in [1.82, 2.24) is 0 Å². The molecule has 0 aromatic heterocycles. The Morgan fingerprint density at radius 3 is 2.11 bits per heavy atom. The van der Waals surface area contributed by atoms with Crippen molar-refractivity contribution < 1.29 is 27.5 Å². The Kier molecular flexibility index (Phi) is 8.35. The molecule has 0 saturated carbocycles. The lowest BCUT2D eigenvalue weighted by Crippen LogP contribution is -2.35. The van der Waals surface area contributed by atoms with E-state index in [1.807, 2.05) is 0 Å². The first-order valence-electron chi connectivity index (χ1n) is 5.86. The van der Waals surface area contributed by atoms with Crippen LogP contribution in [0.1, 0.15) is 27.2 Å². The van der Waals surface area contributed by atoms with Crippen LogP contribution >= 0.6 is 7.60 Å². The van der Waals surface area contributed by atoms with Crippen LogP contribution in [0.15, 0.2) is 0 Å². The van der Waals surface area contributed by atoms with Crippen LogP contribution in [0.25, 0.3) is 0 Å². The average Bonchev–Trinajstić information content (AvgIpc) is 2.29. The molecule has 0 bridgehead atoms. The van der Waals surface area contributed by atoms with Crippen molar-refractivity contribution in [2.24, 2.45) is 5.73 Å². The van der Waals surface area contributed by atoms with Gasteiger partial charge in [-0.15, -0.1) is 0 Å². The van der Waals surface area contributed by atoms with Gasteiger partial charge in [-0.1, -0.05) is 0 Å². The maximum Gasteiger partial charge on any atom is 0.364 e. The molecule has 2 N–H and O–H groups in total. The number of nitrogens with two attached hydrogens (primary N) is 1. The summed E-state index contributed by atoms with van der Waals surface area (Å²) < 4.78 is 40.2. The van der Waals surface area contributed by atoms with E-state index in [-0.39, 0.29) is 19.8 Å². The van der Waals surface area contributed by atoms with Crippen LogP contribution in [-0.2, 0) is 23.1 Å². The topological polar surface area (TPSA) is 87.9 Å². The fourth-order valence-corrected chi connectivity index (χ4v) is 2.85. The Hall–Kier alpha value is -0.490. The number of alkyl halides is 1. The average molecular weight is 285 g/mol. The summed E-state index contributed by atoms with van der Waals surface area (Å²) >= 11 is 0. The zero-order chi connectivity index (χ0) is 14.2. The molecule has 0 heterocycles. The van der Waals surface area contributed by atoms with Crippen LogP contribution in [0.2, 0.25) is 0 Å². The summed E-state index contributed by atoms with van der Waals surface area (Å²) in [5, 5.41) is 0. The van der Waals surface area contributed by atoms with E-state index in [2.05, 4.69) is 4.74 Å². The van der Waals surface area contributed by atoms with Crippen LogP contribution in [0.3, 0.4) is 0 Å². The molecule has 0 aromatic rings. The van der Waals surface area contributed by atoms with Gasteiger partial charge in [0.15, 0.2) is 0 Å². The van der Waals surface area contributed by atoms with Crippen molar-refractivity contribution in [2.45, 2.75) is 39.1 Å². The van der Waals surface area contributed by atoms with Crippen molar-refractivity contribution in [3.63, 3.8) is 0 Å². The van der Waals surface area contributed by atoms with Crippen LogP contribution < -0.4 is 5.73 Å². The number of hydrogen-bond donors (Lipinski definition) is 1. The molecule has 108 valence electrons. The molecule has 0 fully saturated rings. The number of halogens is 1. The fraction of sp³-hybridized carbons (Fsp3) is 0.900. The Morgan fingerprint density at radius 1 is 1.22 bits per heavy atom. The van der Waals surface area contributed by atoms with E-state index in [1.165, 1.54) is 0 Å². The van der Waals surface area contributed by atoms with Gasteiger partial charge in [-0.3, -0.25) is 9.36 Å². The maximum absolute atomic E-state index is 13.9. The smallest absolute Gasteiger partial charge is 0.364 e. The van der Waals surface area contributed by atoms with Gasteiger partial charge in [0.1, 0.15) is 6.04 Å². The van der Waals surface area contributed by atoms with Crippen LogP contribution in [-0.4, -0.2) is 37.7 Å². The van der Waals surface area contributed by atoms with Crippen molar-refractivity contribution in [1.29, 1.82) is 0 Å². The summed E-state index contributed by atoms with van der Waals surface area (Å²) in [6, 6.07) is -1.19. The van der Waals surface area contributed by atoms with E-state index < -0.39 is 31.9 Å². The summed E-state index contributed by atoms with van der Waals surface area (Å²) in [5.74, 6) is -2.68. The van der Waals surface area contributed by atoms with Gasteiger partial charge in [0.25, 0.3) is 0 Å². The second-order valence-corrected chi connectivity index (χ2v) is 5.56. The fourth-order valence-electron chi connectivity index (χ4n) is 1.24. The third-order valence-corrected chi connectivity index (χ3v) is 4.13. The first-order chi connectivity index (χ1) is 8.41. The molecule has 0 saturated heterocycles. The minimum Gasteiger partial charge on any atom is -0.465 e. The van der Waals surface area contributed by atoms with Gasteiger partial charge in [0.05, 0.1) is 19.8 Å². The Balaban J connectivity index is 4.55. The van der Waals surface area contributed by atoms with Crippen LogP contribution in [0.5, 0.6) is 0 Å². The van der Waals surface area contributed by atoms with Gasteiger partial charge in [0, 0.05) is 6.42 Å². The zero-order valence-corrected chi connectivity index (χ0v) is 11.8. The van der Waals surface area contributed by atoms with Crippen molar-refractivity contribution >= 4 is 13.6 Å². The second-order valence-electron chi connectivity index (χ2n) is 3.40. The highest BCUT2D eigenvalue weighted by Gasteiger charge is 2.38. The second kappa shape index (κ2) is 8.58. The number of hydrogen-bond acceptors (Lipinski definition) is 6. The summed E-state index contributed by atoms with van der Waals surface area (Å²) in [6.45, 7) is 5.01. The van der Waals surface area contributed by atoms with E-state index in [0.29, 0.717) is 0 Å². The predicted molar refractivity (Wildman–Crippen MR) is 65.0 cm³/mol. The highest BCUT2D eigenvalue weighted by Crippen LogP contribution is 2.55. The number of rotatable bonds is 9. The molecule has 0 unspecified atom stereocenters. The lowest BCUT2D eigenvalue weighted by molar-refractivity contribution is -0.145. The molecule has 0 radical (unpaired) electrons. The lowest BCUT2D eigenvalue weighted by atomic mass is 10.2. The zero-order valence-electron chi connectivity index (χ0n) is 10.9. The molecule has 0 spiro atoms. The highest BCUT2D eigenvalue weighted by molar-refractivity contribution is 7.54. The monoisotopic (exact) mass is 285 g/mol. The van der Waals surface area contributed by atoms with Gasteiger partial charge >= 0.3 is 13.6 Å². The molecule has 0 aromatic carbocycles. The number of carbonyl (C=O) groups is 1. The Labute approximate surface area is 106 Å². The van der Waals surface area contributed by atoms with Crippen LogP contribution in [0.4, 0.5) is 4.39 Å². The molecule has 8 heteroatoms. The Bertz CT molecular complexity index is 292. The molecule has 0 aliphatic heterocycles. The van der Waals surface area contributed by atoms with E-state index in [1.54, 1.807) is 20.8 Å². The molecule has 0 amide bonds. The van der Waals surface area contributed by atoms with Gasteiger partial charge in [-0.05, 0) is 20.8 Å². The minimum absolute atomic E-state index is 0.0480. The summed E-state index contributed by atoms with van der Waals surface area (Å²) in [6.07, 6.45) is -0.462. The predicted octanol–water partition coefficient (Wildman–Crippen LogP) is 1.83. The third kappa shape index (κ3) is 5.44. The number of carbonyl (C=O) groups excluding carboxylic acids is 1. The normalized spacial score (nSPS) is 15.2. The van der Waals surface area contributed by atoms with Gasteiger partial charge < -0.3 is 19.5 Å². The summed E-state index contributed by atoms with van der Waals surface area (Å²) in [7, 11) is -3.88. The van der Waals surface area contributed by atoms with Crippen molar-refractivity contribution in [3.05, 3.63) is 0 Å². The van der Waals surface area contributed by atoms with Crippen LogP contribution in [0, 0.1) is 0 Å². The van der Waals surface area contributed by atoms with E-state index in [4.69, 9.17) is 14.8 Å². The molecular weight excluding hydrogens is 264 g/mol. The van der Waals surface area contributed by atoms with Crippen molar-refractivity contribution in [3.8, 4) is 0 Å². The van der Waals surface area contributed by atoms with E-state index in [9.17, 15) is 13.8 Å². The minimum atomic E-state index is -3.88. The summed E-state index contributed by atoms with van der Waals surface area (Å²) in [5.41, 5.74) is 5.45. The number of ether oxygens (including phenoxy) is 1. The third-order valence-electron chi connectivity index (χ3n) is 2.00. The van der Waals surface area contributed by atoms with E-state index >= 15 is 0 Å². The quantitative estimate of drug-likeness (QED) is 0.513. The maximum atomic E-state index is 13.9. The lowest BCUT2D eigenvalue weighted by Gasteiger charge is -2.22. The molecule has 18 heavy (non-hydrogen) atoms. The Morgan fingerprint density at radius 2 is 1.72 bits per heavy atom. The molecule has 2 atom stereocenters. The molecular formula is C10H21FNO5P. The highest BCUT2D eigenvalue weighted by atomic mass is 31.2. The first kappa shape index (κ1) is 17.5. The number of esters is 1. The molecule has 6 nitrogen and oxygen atoms in total. The van der Waals surface area contributed by atoms with E-state index in [0.717, 1.165) is 0 Å². The largest absolute Gasteiger partial charge is 0.465 e. The SMILES string of the molecule is CCOC(=O)[C@@H](N)C[C@@H](F)P(=O)(OCC)OCC. The van der Waals surface area contributed by atoms with Gasteiger partial charge in [-0.25, -0.2) is 4.39 Å². The summed E-state index contributed by atoms with van der Waals surface area (Å²) in [4.78, 5) is 11.2. The van der Waals surface area contributed by atoms with Gasteiger partial charge in [0.2, 0.25) is 5.91 Å². The molecule has 0 aliphatic carbocycles. The standard InChI is InChI=1S/C10H21FNO5P/c1-4-15-10(13)8(12)7-9(11)18(14,16-5-2)17-6-3/h8-9H,4-7,12H2,1-3H3/t8-,9-/m0/s1.